The van der Waals surface area contributed by atoms with Crippen LogP contribution in [0.2, 0.25) is 10.3 Å². The SMILES string of the molecule is Cc1ccc(Nc2nc(Cl)ccc2N)cc1.Cc1ccc(Nc2nc(Cl)ccc2[N+](=O)[O-])cc1. The number of nitrogens with zero attached hydrogens (tertiary/aromatic N) is 3. The van der Waals surface area contributed by atoms with Crippen molar-refractivity contribution < 1.29 is 4.92 Å². The monoisotopic (exact) mass is 496 g/mol. The highest BCUT2D eigenvalue weighted by Gasteiger charge is 2.15. The molecule has 0 aliphatic carbocycles. The average Bonchev–Trinajstić information content (AvgIpc) is 2.80. The van der Waals surface area contributed by atoms with Crippen molar-refractivity contribution in [1.82, 2.24) is 9.97 Å². The maximum absolute atomic E-state index is 10.9. The third kappa shape index (κ3) is 7.06. The number of aromatic nitrogens is 2. The molecule has 0 radical (unpaired) electrons. The molecule has 0 bridgehead atoms. The van der Waals surface area contributed by atoms with Crippen LogP contribution in [-0.4, -0.2) is 14.9 Å². The molecule has 2 aromatic carbocycles. The van der Waals surface area contributed by atoms with Crippen LogP contribution in [0, 0.1) is 24.0 Å². The molecule has 0 aliphatic heterocycles. The maximum Gasteiger partial charge on any atom is 0.311 e. The van der Waals surface area contributed by atoms with Gasteiger partial charge in [-0.05, 0) is 56.3 Å². The smallest absolute Gasteiger partial charge is 0.311 e. The van der Waals surface area contributed by atoms with E-state index >= 15 is 0 Å². The van der Waals surface area contributed by atoms with Gasteiger partial charge >= 0.3 is 5.69 Å². The molecule has 0 spiro atoms. The average molecular weight is 497 g/mol. The van der Waals surface area contributed by atoms with Crippen LogP contribution in [0.15, 0.2) is 72.8 Å². The van der Waals surface area contributed by atoms with Crippen molar-refractivity contribution in [1.29, 1.82) is 0 Å². The lowest BCUT2D eigenvalue weighted by atomic mass is 10.2. The van der Waals surface area contributed by atoms with Crippen LogP contribution in [0.5, 0.6) is 0 Å². The molecule has 10 heteroatoms. The molecule has 4 aromatic rings. The van der Waals surface area contributed by atoms with E-state index in [9.17, 15) is 10.1 Å². The molecule has 174 valence electrons. The van der Waals surface area contributed by atoms with Gasteiger partial charge in [-0.1, -0.05) is 58.6 Å². The molecule has 4 rings (SSSR count). The van der Waals surface area contributed by atoms with E-state index in [1.54, 1.807) is 12.1 Å². The maximum atomic E-state index is 10.9. The Morgan fingerprint density at radius 2 is 1.18 bits per heavy atom. The number of hydrogen-bond donors (Lipinski definition) is 3. The molecule has 2 aromatic heterocycles. The Kier molecular flexibility index (Phi) is 8.24. The number of halogens is 2. The Morgan fingerprint density at radius 1 is 0.735 bits per heavy atom. The van der Waals surface area contributed by atoms with E-state index in [1.165, 1.54) is 17.7 Å². The first-order valence-corrected chi connectivity index (χ1v) is 10.9. The largest absolute Gasteiger partial charge is 0.396 e. The summed E-state index contributed by atoms with van der Waals surface area (Å²) in [5.41, 5.74) is 10.2. The van der Waals surface area contributed by atoms with Gasteiger partial charge in [0.1, 0.15) is 10.3 Å². The number of anilines is 5. The van der Waals surface area contributed by atoms with Gasteiger partial charge in [0.25, 0.3) is 0 Å². The number of benzene rings is 2. The lowest BCUT2D eigenvalue weighted by Crippen LogP contribution is -1.99. The van der Waals surface area contributed by atoms with Gasteiger partial charge in [0.05, 0.1) is 10.6 Å². The van der Waals surface area contributed by atoms with Crippen LogP contribution in [0.1, 0.15) is 11.1 Å². The van der Waals surface area contributed by atoms with Gasteiger partial charge in [0.2, 0.25) is 5.82 Å². The molecule has 0 unspecified atom stereocenters. The predicted molar refractivity (Wildman–Crippen MR) is 138 cm³/mol. The fraction of sp³-hybridized carbons (Fsp3) is 0.0833. The molecule has 0 atom stereocenters. The van der Waals surface area contributed by atoms with Gasteiger partial charge in [-0.25, -0.2) is 9.97 Å². The number of nitrogens with two attached hydrogens (primary N) is 1. The van der Waals surface area contributed by atoms with Crippen LogP contribution in [0.3, 0.4) is 0 Å². The zero-order valence-electron chi connectivity index (χ0n) is 18.4. The van der Waals surface area contributed by atoms with Crippen molar-refractivity contribution >= 4 is 57.6 Å². The van der Waals surface area contributed by atoms with Crippen LogP contribution in [0.4, 0.5) is 34.4 Å². The van der Waals surface area contributed by atoms with Crippen molar-refractivity contribution in [2.24, 2.45) is 0 Å². The molecule has 0 aliphatic rings. The quantitative estimate of drug-likeness (QED) is 0.153. The minimum absolute atomic E-state index is 0.111. The lowest BCUT2D eigenvalue weighted by Gasteiger charge is -2.08. The molecule has 2 heterocycles. The second kappa shape index (κ2) is 11.3. The number of nitrogens with one attached hydrogen (secondary N) is 2. The molecule has 4 N–H and O–H groups in total. The van der Waals surface area contributed by atoms with E-state index in [0.717, 1.165) is 16.9 Å². The van der Waals surface area contributed by atoms with Gasteiger partial charge in [0.15, 0.2) is 5.82 Å². The van der Waals surface area contributed by atoms with Crippen LogP contribution >= 0.6 is 23.2 Å². The number of nitrogen functional groups attached to an aromatic ring is 1. The number of aryl methyl sites for hydroxylation is 2. The summed E-state index contributed by atoms with van der Waals surface area (Å²) in [5, 5.41) is 17.5. The zero-order valence-corrected chi connectivity index (χ0v) is 19.9. The van der Waals surface area contributed by atoms with E-state index in [0.29, 0.717) is 16.7 Å². The number of nitro groups is 1. The van der Waals surface area contributed by atoms with Gasteiger partial charge in [0, 0.05) is 17.4 Å². The summed E-state index contributed by atoms with van der Waals surface area (Å²) < 4.78 is 0. The Morgan fingerprint density at radius 3 is 1.68 bits per heavy atom. The van der Waals surface area contributed by atoms with Crippen LogP contribution < -0.4 is 16.4 Å². The van der Waals surface area contributed by atoms with E-state index in [1.807, 2.05) is 62.4 Å². The van der Waals surface area contributed by atoms with Gasteiger partial charge < -0.3 is 16.4 Å². The van der Waals surface area contributed by atoms with Crippen LogP contribution in [0.25, 0.3) is 0 Å². The van der Waals surface area contributed by atoms with Crippen molar-refractivity contribution in [3.63, 3.8) is 0 Å². The molecule has 34 heavy (non-hydrogen) atoms. The first-order chi connectivity index (χ1) is 16.2. The fourth-order valence-electron chi connectivity index (χ4n) is 2.76. The zero-order chi connectivity index (χ0) is 24.7. The standard InChI is InChI=1S/C12H10ClN3O2.C12H12ClN3/c1-8-2-4-9(5-3-8)14-12-10(16(17)18)6-7-11(13)15-12;1-8-2-4-9(5-3-8)15-12-10(14)6-7-11(13)16-12/h2-7H,1H3,(H,14,15);2-7H,14H2,1H3,(H,15,16). The molecule has 0 fully saturated rings. The molecular formula is C24H22Cl2N6O2. The van der Waals surface area contributed by atoms with Crippen molar-refractivity contribution in [2.45, 2.75) is 13.8 Å². The summed E-state index contributed by atoms with van der Waals surface area (Å²) >= 11 is 11.5. The molecule has 0 saturated heterocycles. The minimum Gasteiger partial charge on any atom is -0.396 e. The van der Waals surface area contributed by atoms with E-state index < -0.39 is 4.92 Å². The third-order valence-electron chi connectivity index (χ3n) is 4.56. The van der Waals surface area contributed by atoms with E-state index in [4.69, 9.17) is 28.9 Å². The minimum atomic E-state index is -0.500. The number of hydrogen-bond acceptors (Lipinski definition) is 7. The van der Waals surface area contributed by atoms with Gasteiger partial charge in [-0.3, -0.25) is 10.1 Å². The summed E-state index contributed by atoms with van der Waals surface area (Å²) in [6.45, 7) is 4.00. The van der Waals surface area contributed by atoms with Crippen LogP contribution in [-0.2, 0) is 0 Å². The highest BCUT2D eigenvalue weighted by Crippen LogP contribution is 2.27. The van der Waals surface area contributed by atoms with E-state index in [2.05, 4.69) is 20.6 Å². The van der Waals surface area contributed by atoms with Gasteiger partial charge in [-0.2, -0.15) is 0 Å². The Labute approximate surface area is 206 Å². The number of rotatable bonds is 5. The van der Waals surface area contributed by atoms with E-state index in [-0.39, 0.29) is 16.7 Å². The third-order valence-corrected chi connectivity index (χ3v) is 4.98. The predicted octanol–water partition coefficient (Wildman–Crippen LogP) is 7.06. The Hall–Kier alpha value is -3.88. The first kappa shape index (κ1) is 24.8. The van der Waals surface area contributed by atoms with Crippen molar-refractivity contribution in [3.05, 3.63) is 104 Å². The Bertz CT molecular complexity index is 1280. The molecule has 0 saturated carbocycles. The molecule has 0 amide bonds. The molecule has 8 nitrogen and oxygen atoms in total. The highest BCUT2D eigenvalue weighted by molar-refractivity contribution is 6.29. The van der Waals surface area contributed by atoms with Gasteiger partial charge in [-0.15, -0.1) is 0 Å². The number of pyridine rings is 2. The summed E-state index contributed by atoms with van der Waals surface area (Å²) in [5.74, 6) is 0.715. The fourth-order valence-corrected chi connectivity index (χ4v) is 3.06. The summed E-state index contributed by atoms with van der Waals surface area (Å²) in [6.07, 6.45) is 0. The molecular weight excluding hydrogens is 475 g/mol. The topological polar surface area (TPSA) is 119 Å². The summed E-state index contributed by atoms with van der Waals surface area (Å²) in [6, 6.07) is 21.5. The highest BCUT2D eigenvalue weighted by atomic mass is 35.5. The normalized spacial score (nSPS) is 10.1. The second-order valence-electron chi connectivity index (χ2n) is 7.31. The summed E-state index contributed by atoms with van der Waals surface area (Å²) in [7, 11) is 0. The van der Waals surface area contributed by atoms with Crippen molar-refractivity contribution in [2.75, 3.05) is 16.4 Å². The van der Waals surface area contributed by atoms with Crippen molar-refractivity contribution in [3.8, 4) is 0 Å². The first-order valence-electron chi connectivity index (χ1n) is 10.1. The Balaban J connectivity index is 0.000000192. The second-order valence-corrected chi connectivity index (χ2v) is 8.09. The summed E-state index contributed by atoms with van der Waals surface area (Å²) in [4.78, 5) is 18.4. The lowest BCUT2D eigenvalue weighted by molar-refractivity contribution is -0.384.